The highest BCUT2D eigenvalue weighted by Crippen LogP contribution is 2.29. The Morgan fingerprint density at radius 2 is 1.84 bits per heavy atom. The number of carbonyl (C=O) groups excluding carboxylic acids is 2. The van der Waals surface area contributed by atoms with Crippen molar-refractivity contribution < 1.29 is 9.59 Å². The summed E-state index contributed by atoms with van der Waals surface area (Å²) in [5.41, 5.74) is 4.10. The van der Waals surface area contributed by atoms with Gasteiger partial charge in [-0.1, -0.05) is 61.9 Å². The third-order valence-corrected chi connectivity index (χ3v) is 6.03. The number of aromatic nitrogens is 1. The molecule has 0 aliphatic heterocycles. The number of ketones is 1. The Balaban J connectivity index is 1.52. The Morgan fingerprint density at radius 3 is 2.56 bits per heavy atom. The molecule has 2 aromatic rings. The number of halogens is 1. The van der Waals surface area contributed by atoms with Gasteiger partial charge in [-0.05, 0) is 43.4 Å². The molecule has 1 aromatic carbocycles. The average Bonchev–Trinajstić information content (AvgIpc) is 3.15. The van der Waals surface area contributed by atoms with Gasteiger partial charge in [-0.15, -0.1) is 0 Å². The summed E-state index contributed by atoms with van der Waals surface area (Å²) in [7, 11) is 0. The number of rotatable bonds is 11. The van der Waals surface area contributed by atoms with Gasteiger partial charge in [-0.25, -0.2) is 0 Å². The van der Waals surface area contributed by atoms with Crippen LogP contribution < -0.4 is 10.6 Å². The predicted molar refractivity (Wildman–Crippen MR) is 130 cm³/mol. The van der Waals surface area contributed by atoms with Crippen LogP contribution in [0.25, 0.3) is 5.03 Å². The third-order valence-electron chi connectivity index (χ3n) is 5.68. The maximum absolute atomic E-state index is 12.9. The number of nitrogens with one attached hydrogen (secondary N) is 2. The van der Waals surface area contributed by atoms with Crippen molar-refractivity contribution in [1.29, 1.82) is 0 Å². The van der Waals surface area contributed by atoms with Crippen LogP contribution in [0.5, 0.6) is 0 Å². The number of hydrogen-bond donors (Lipinski definition) is 2. The van der Waals surface area contributed by atoms with Crippen molar-refractivity contribution in [2.24, 2.45) is 0 Å². The second kappa shape index (κ2) is 11.4. The Kier molecular flexibility index (Phi) is 8.60. The molecule has 0 bridgehead atoms. The first kappa shape index (κ1) is 24.1. The number of allylic oxidation sites excluding steroid dienone is 1. The summed E-state index contributed by atoms with van der Waals surface area (Å²) in [4.78, 5) is 30.0. The normalized spacial score (nSPS) is 14.6. The number of Topliss-reactive ketones (excluding diaryl/α,β-unsaturated/α-hetero) is 1. The van der Waals surface area contributed by atoms with Gasteiger partial charge in [0, 0.05) is 35.7 Å². The molecule has 0 spiro atoms. The van der Waals surface area contributed by atoms with E-state index in [1.54, 1.807) is 6.92 Å². The lowest BCUT2D eigenvalue weighted by Gasteiger charge is -2.23. The molecule has 6 heteroatoms. The van der Waals surface area contributed by atoms with Crippen LogP contribution in [0.2, 0.25) is 0 Å². The summed E-state index contributed by atoms with van der Waals surface area (Å²) in [6.07, 6.45) is 6.90. The lowest BCUT2D eigenvalue weighted by atomic mass is 10.0. The number of amides is 1. The highest BCUT2D eigenvalue weighted by molar-refractivity contribution is 6.49. The molecule has 1 amide bonds. The van der Waals surface area contributed by atoms with Crippen LogP contribution in [0.15, 0.2) is 48.7 Å². The fourth-order valence-corrected chi connectivity index (χ4v) is 4.11. The molecule has 0 unspecified atom stereocenters. The molecule has 3 rings (SSSR count). The molecule has 1 heterocycles. The highest BCUT2D eigenvalue weighted by Gasteiger charge is 2.23. The van der Waals surface area contributed by atoms with E-state index in [1.807, 2.05) is 50.4 Å². The van der Waals surface area contributed by atoms with Gasteiger partial charge < -0.3 is 10.6 Å². The number of pyridine rings is 1. The lowest BCUT2D eigenvalue weighted by Crippen LogP contribution is -2.51. The maximum Gasteiger partial charge on any atom is 0.237 e. The number of nitrogens with zero attached hydrogens (tertiary/aromatic N) is 1. The van der Waals surface area contributed by atoms with Crippen LogP contribution in [0.4, 0.5) is 0 Å². The second-order valence-corrected chi connectivity index (χ2v) is 9.10. The van der Waals surface area contributed by atoms with Gasteiger partial charge >= 0.3 is 0 Å². The molecule has 0 radical (unpaired) electrons. The molecule has 1 aromatic heterocycles. The molecule has 170 valence electrons. The van der Waals surface area contributed by atoms with Gasteiger partial charge in [0.25, 0.3) is 0 Å². The molecule has 1 aliphatic rings. The number of hydrogen-bond acceptors (Lipinski definition) is 4. The zero-order valence-corrected chi connectivity index (χ0v) is 19.8. The van der Waals surface area contributed by atoms with Crippen molar-refractivity contribution in [2.45, 2.75) is 71.0 Å². The minimum Gasteiger partial charge on any atom is -0.345 e. The largest absolute Gasteiger partial charge is 0.345 e. The van der Waals surface area contributed by atoms with Crippen LogP contribution in [-0.4, -0.2) is 34.8 Å². The smallest absolute Gasteiger partial charge is 0.237 e. The van der Waals surface area contributed by atoms with E-state index in [1.165, 1.54) is 5.56 Å². The van der Waals surface area contributed by atoms with E-state index in [-0.39, 0.29) is 23.8 Å². The molecule has 2 atom stereocenters. The molecular weight excluding hydrogens is 422 g/mol. The second-order valence-electron chi connectivity index (χ2n) is 8.69. The van der Waals surface area contributed by atoms with Crippen molar-refractivity contribution >= 4 is 28.3 Å². The number of benzene rings is 1. The van der Waals surface area contributed by atoms with Crippen LogP contribution >= 0.6 is 11.6 Å². The topological polar surface area (TPSA) is 71.1 Å². The van der Waals surface area contributed by atoms with Gasteiger partial charge in [0.15, 0.2) is 5.78 Å². The Bertz CT molecular complexity index is 972. The first-order valence-electron chi connectivity index (χ1n) is 11.3. The standard InChI is InChI=1S/C26H32ClN3O2/c1-17(2)29-24(12-9-19-7-5-4-6-8-19)26(32)30-18(3)25(31)14-10-20-15-21-22(27)11-13-23(21)28-16-20/h4-8,11,15-18,24,29H,9-10,12-14H2,1-3H3,(H,30,32)/t18-,24+/m0/s1. The van der Waals surface area contributed by atoms with Gasteiger partial charge in [0.05, 0.1) is 17.8 Å². The number of aryl methyl sites for hydroxylation is 2. The Hall–Kier alpha value is -2.50. The number of fused-ring (bicyclic) bond motifs is 1. The minimum atomic E-state index is -0.540. The van der Waals surface area contributed by atoms with E-state index >= 15 is 0 Å². The van der Waals surface area contributed by atoms with E-state index in [0.717, 1.165) is 34.7 Å². The first-order chi connectivity index (χ1) is 15.3. The van der Waals surface area contributed by atoms with Gasteiger partial charge in [0.2, 0.25) is 5.91 Å². The lowest BCUT2D eigenvalue weighted by molar-refractivity contribution is -0.128. The maximum atomic E-state index is 12.9. The third kappa shape index (κ3) is 6.75. The van der Waals surface area contributed by atoms with E-state index in [9.17, 15) is 9.59 Å². The summed E-state index contributed by atoms with van der Waals surface area (Å²) in [6, 6.07) is 11.4. The average molecular weight is 454 g/mol. The highest BCUT2D eigenvalue weighted by atomic mass is 35.5. The van der Waals surface area contributed by atoms with Gasteiger partial charge in [-0.3, -0.25) is 14.6 Å². The monoisotopic (exact) mass is 453 g/mol. The zero-order valence-electron chi connectivity index (χ0n) is 19.0. The van der Waals surface area contributed by atoms with Gasteiger partial charge in [0.1, 0.15) is 0 Å². The van der Waals surface area contributed by atoms with Crippen molar-refractivity contribution in [2.75, 3.05) is 0 Å². The molecule has 1 aliphatic carbocycles. The summed E-state index contributed by atoms with van der Waals surface area (Å²) >= 11 is 6.22. The van der Waals surface area contributed by atoms with Crippen LogP contribution in [0.3, 0.4) is 0 Å². The van der Waals surface area contributed by atoms with Crippen LogP contribution in [0.1, 0.15) is 56.0 Å². The molecule has 0 fully saturated rings. The Labute approximate surface area is 195 Å². The summed E-state index contributed by atoms with van der Waals surface area (Å²) in [5, 5.41) is 6.96. The fraction of sp³-hybridized carbons (Fsp3) is 0.423. The SMILES string of the molecule is CC(C)N[C@H](CCc1ccccc1)C(=O)N[C@@H](C)C(=O)CCc1cnc2c(c1)C(Cl)=CC2. The molecule has 0 saturated carbocycles. The predicted octanol–water partition coefficient (Wildman–Crippen LogP) is 4.22. The molecule has 2 N–H and O–H groups in total. The minimum absolute atomic E-state index is 0.00634. The molecular formula is C26H32ClN3O2. The van der Waals surface area contributed by atoms with Crippen molar-refractivity contribution in [1.82, 2.24) is 15.6 Å². The molecule has 5 nitrogen and oxygen atoms in total. The van der Waals surface area contributed by atoms with E-state index < -0.39 is 6.04 Å². The number of carbonyl (C=O) groups is 2. The van der Waals surface area contributed by atoms with Crippen LogP contribution in [-0.2, 0) is 28.9 Å². The fourth-order valence-electron chi connectivity index (χ4n) is 3.87. The zero-order chi connectivity index (χ0) is 23.1. The van der Waals surface area contributed by atoms with Crippen molar-refractivity contribution in [3.63, 3.8) is 0 Å². The van der Waals surface area contributed by atoms with E-state index in [2.05, 4.69) is 27.8 Å². The summed E-state index contributed by atoms with van der Waals surface area (Å²) in [5.74, 6) is -0.126. The van der Waals surface area contributed by atoms with E-state index in [4.69, 9.17) is 11.6 Å². The molecule has 32 heavy (non-hydrogen) atoms. The quantitative estimate of drug-likeness (QED) is 0.534. The van der Waals surface area contributed by atoms with E-state index in [0.29, 0.717) is 19.3 Å². The van der Waals surface area contributed by atoms with Gasteiger partial charge in [-0.2, -0.15) is 0 Å². The van der Waals surface area contributed by atoms with Crippen LogP contribution in [0, 0.1) is 0 Å². The first-order valence-corrected chi connectivity index (χ1v) is 11.7. The summed E-state index contributed by atoms with van der Waals surface area (Å²) < 4.78 is 0. The molecule has 0 saturated heterocycles. The summed E-state index contributed by atoms with van der Waals surface area (Å²) in [6.45, 7) is 5.79. The van der Waals surface area contributed by atoms with Crippen molar-refractivity contribution in [3.8, 4) is 0 Å². The Morgan fingerprint density at radius 1 is 1.09 bits per heavy atom. The van der Waals surface area contributed by atoms with Crippen molar-refractivity contribution in [3.05, 3.63) is 71.1 Å².